The minimum Gasteiger partial charge on any atom is -0.497 e. The van der Waals surface area contributed by atoms with E-state index < -0.39 is 11.5 Å². The number of H-pyrrole nitrogens is 2. The van der Waals surface area contributed by atoms with Gasteiger partial charge in [-0.25, -0.2) is 4.79 Å². The minimum atomic E-state index is -0.577. The smallest absolute Gasteiger partial charge is 0.339 e. The molecule has 0 bridgehead atoms. The Hall–Kier alpha value is -2.67. The maximum atomic E-state index is 12.0. The predicted octanol–water partition coefficient (Wildman–Crippen LogP) is 2.15. The predicted molar refractivity (Wildman–Crippen MR) is 85.1 cm³/mol. The molecule has 7 heteroatoms. The normalized spacial score (nSPS) is 11.1. The van der Waals surface area contributed by atoms with E-state index in [0.717, 1.165) is 5.56 Å². The van der Waals surface area contributed by atoms with E-state index in [0.29, 0.717) is 5.75 Å². The zero-order valence-corrected chi connectivity index (χ0v) is 12.8. The summed E-state index contributed by atoms with van der Waals surface area (Å²) in [5.74, 6) is 0.124. The van der Waals surface area contributed by atoms with Crippen LogP contribution in [-0.2, 0) is 9.53 Å². The fourth-order valence-corrected chi connectivity index (χ4v) is 2.05. The first kappa shape index (κ1) is 15.7. The van der Waals surface area contributed by atoms with E-state index in [2.05, 4.69) is 9.97 Å². The lowest BCUT2D eigenvalue weighted by Gasteiger charge is -2.06. The Kier molecular flexibility index (Phi) is 4.90. The van der Waals surface area contributed by atoms with E-state index >= 15 is 0 Å². The highest BCUT2D eigenvalue weighted by atomic mass is 32.1. The fourth-order valence-electron chi connectivity index (χ4n) is 1.84. The van der Waals surface area contributed by atoms with Crippen LogP contribution in [0.15, 0.2) is 35.1 Å². The number of ether oxygens (including phenoxy) is 2. The first-order valence-electron chi connectivity index (χ1n) is 6.31. The van der Waals surface area contributed by atoms with Crippen molar-refractivity contribution in [3.8, 4) is 5.75 Å². The Morgan fingerprint density at radius 1 is 1.18 bits per heavy atom. The van der Waals surface area contributed by atoms with Crippen LogP contribution in [0.5, 0.6) is 5.75 Å². The van der Waals surface area contributed by atoms with Gasteiger partial charge < -0.3 is 14.5 Å². The SMILES string of the molecule is COC(=O)/C(=C\c1ccc(OC)cc1)c1cc(=O)[nH]c(=S)[nH]1. The van der Waals surface area contributed by atoms with Crippen molar-refractivity contribution < 1.29 is 14.3 Å². The molecule has 0 fully saturated rings. The molecule has 22 heavy (non-hydrogen) atoms. The highest BCUT2D eigenvalue weighted by Gasteiger charge is 2.14. The molecule has 0 aliphatic carbocycles. The molecule has 0 aliphatic rings. The van der Waals surface area contributed by atoms with E-state index in [9.17, 15) is 9.59 Å². The quantitative estimate of drug-likeness (QED) is 0.513. The van der Waals surface area contributed by atoms with E-state index in [4.69, 9.17) is 21.7 Å². The Morgan fingerprint density at radius 2 is 1.86 bits per heavy atom. The zero-order chi connectivity index (χ0) is 16.1. The average molecular weight is 318 g/mol. The molecule has 1 heterocycles. The molecule has 2 N–H and O–H groups in total. The van der Waals surface area contributed by atoms with Gasteiger partial charge in [0.2, 0.25) is 0 Å². The number of carbonyl (C=O) groups is 1. The Morgan fingerprint density at radius 3 is 2.41 bits per heavy atom. The van der Waals surface area contributed by atoms with Crippen molar-refractivity contribution in [3.05, 3.63) is 56.7 Å². The van der Waals surface area contributed by atoms with Gasteiger partial charge in [0, 0.05) is 6.07 Å². The van der Waals surface area contributed by atoms with Crippen molar-refractivity contribution in [2.45, 2.75) is 0 Å². The van der Waals surface area contributed by atoms with Gasteiger partial charge in [0.25, 0.3) is 5.56 Å². The number of aromatic amines is 2. The van der Waals surface area contributed by atoms with Gasteiger partial charge in [0.15, 0.2) is 4.77 Å². The van der Waals surface area contributed by atoms with Crippen LogP contribution < -0.4 is 10.3 Å². The monoisotopic (exact) mass is 318 g/mol. The number of methoxy groups -OCH3 is 2. The first-order chi connectivity index (χ1) is 10.5. The molecule has 1 aromatic heterocycles. The standard InChI is InChI=1S/C15H14N2O4S/c1-20-10-5-3-9(4-6-10)7-11(14(19)21-2)12-8-13(18)17-15(22)16-12/h3-8H,1-2H3,(H2,16,17,18,22)/b11-7-. The number of rotatable bonds is 4. The fraction of sp³-hybridized carbons (Fsp3) is 0.133. The van der Waals surface area contributed by atoms with Gasteiger partial charge in [-0.15, -0.1) is 0 Å². The van der Waals surface area contributed by atoms with Gasteiger partial charge in [-0.1, -0.05) is 12.1 Å². The summed E-state index contributed by atoms with van der Waals surface area (Å²) in [6, 6.07) is 8.34. The van der Waals surface area contributed by atoms with Gasteiger partial charge in [0.05, 0.1) is 25.5 Å². The molecule has 0 unspecified atom stereocenters. The molecule has 0 saturated heterocycles. The molecular weight excluding hydrogens is 304 g/mol. The molecule has 114 valence electrons. The molecule has 0 amide bonds. The molecule has 1 aromatic carbocycles. The Balaban J connectivity index is 2.53. The van der Waals surface area contributed by atoms with Gasteiger partial charge in [-0.2, -0.15) is 0 Å². The summed E-state index contributed by atoms with van der Waals surface area (Å²) in [5, 5.41) is 0. The average Bonchev–Trinajstić information content (AvgIpc) is 2.51. The summed E-state index contributed by atoms with van der Waals surface area (Å²) in [4.78, 5) is 28.7. The number of esters is 1. The van der Waals surface area contributed by atoms with Gasteiger partial charge in [0.1, 0.15) is 5.75 Å². The van der Waals surface area contributed by atoms with Crippen LogP contribution in [0.25, 0.3) is 11.6 Å². The maximum absolute atomic E-state index is 12.0. The summed E-state index contributed by atoms with van der Waals surface area (Å²) < 4.78 is 9.98. The second-order valence-electron chi connectivity index (χ2n) is 4.32. The van der Waals surface area contributed by atoms with Crippen LogP contribution >= 0.6 is 12.2 Å². The van der Waals surface area contributed by atoms with Crippen molar-refractivity contribution in [3.63, 3.8) is 0 Å². The molecule has 0 aliphatic heterocycles. The number of nitrogens with one attached hydrogen (secondary N) is 2. The third kappa shape index (κ3) is 3.70. The van der Waals surface area contributed by atoms with Crippen molar-refractivity contribution >= 4 is 29.8 Å². The third-order valence-electron chi connectivity index (χ3n) is 2.88. The summed E-state index contributed by atoms with van der Waals surface area (Å²) in [6.45, 7) is 0. The molecule has 0 saturated carbocycles. The van der Waals surface area contributed by atoms with Crippen LogP contribution in [0, 0.1) is 4.77 Å². The molecule has 0 spiro atoms. The van der Waals surface area contributed by atoms with Gasteiger partial charge in [-0.3, -0.25) is 9.78 Å². The second kappa shape index (κ2) is 6.86. The van der Waals surface area contributed by atoms with Crippen molar-refractivity contribution in [1.82, 2.24) is 9.97 Å². The first-order valence-corrected chi connectivity index (χ1v) is 6.72. The molecule has 2 rings (SSSR count). The number of benzene rings is 1. The molecule has 6 nitrogen and oxygen atoms in total. The molecule has 0 radical (unpaired) electrons. The van der Waals surface area contributed by atoms with Crippen LogP contribution in [0.1, 0.15) is 11.3 Å². The maximum Gasteiger partial charge on any atom is 0.339 e. The molecular formula is C15H14N2O4S. The second-order valence-corrected chi connectivity index (χ2v) is 4.73. The van der Waals surface area contributed by atoms with Gasteiger partial charge >= 0.3 is 5.97 Å². The summed E-state index contributed by atoms with van der Waals surface area (Å²) >= 11 is 4.92. The van der Waals surface area contributed by atoms with Crippen LogP contribution in [0.2, 0.25) is 0 Å². The largest absolute Gasteiger partial charge is 0.497 e. The van der Waals surface area contributed by atoms with Crippen LogP contribution in [0.4, 0.5) is 0 Å². The zero-order valence-electron chi connectivity index (χ0n) is 12.0. The van der Waals surface area contributed by atoms with Gasteiger partial charge in [-0.05, 0) is 36.0 Å². The highest BCUT2D eigenvalue weighted by molar-refractivity contribution is 7.71. The van der Waals surface area contributed by atoms with Crippen molar-refractivity contribution in [2.24, 2.45) is 0 Å². The lowest BCUT2D eigenvalue weighted by atomic mass is 10.1. The lowest BCUT2D eigenvalue weighted by molar-refractivity contribution is -0.133. The van der Waals surface area contributed by atoms with Crippen molar-refractivity contribution in [1.29, 1.82) is 0 Å². The Bertz CT molecular complexity index is 790. The van der Waals surface area contributed by atoms with Crippen LogP contribution in [0.3, 0.4) is 0 Å². The summed E-state index contributed by atoms with van der Waals surface area (Å²) in [7, 11) is 2.84. The van der Waals surface area contributed by atoms with Crippen molar-refractivity contribution in [2.75, 3.05) is 14.2 Å². The Labute approximate surface area is 131 Å². The number of hydrogen-bond acceptors (Lipinski definition) is 5. The minimum absolute atomic E-state index is 0.132. The summed E-state index contributed by atoms with van der Waals surface area (Å²) in [6.07, 6.45) is 1.60. The number of carbonyl (C=O) groups excluding carboxylic acids is 1. The summed E-state index contributed by atoms with van der Waals surface area (Å²) in [5.41, 5.74) is 0.838. The van der Waals surface area contributed by atoms with Crippen LogP contribution in [-0.4, -0.2) is 30.2 Å². The van der Waals surface area contributed by atoms with E-state index in [1.807, 2.05) is 0 Å². The number of hydrogen-bond donors (Lipinski definition) is 2. The third-order valence-corrected chi connectivity index (χ3v) is 3.09. The number of aromatic nitrogens is 2. The topological polar surface area (TPSA) is 84.2 Å². The lowest BCUT2D eigenvalue weighted by Crippen LogP contribution is -2.12. The van der Waals surface area contributed by atoms with E-state index in [-0.39, 0.29) is 16.0 Å². The van der Waals surface area contributed by atoms with E-state index in [1.165, 1.54) is 13.2 Å². The molecule has 2 aromatic rings. The highest BCUT2D eigenvalue weighted by Crippen LogP contribution is 2.19. The van der Waals surface area contributed by atoms with E-state index in [1.54, 1.807) is 37.5 Å². The molecule has 0 atom stereocenters.